The lowest BCUT2D eigenvalue weighted by atomic mass is 9.87. The molecule has 2 nitrogen and oxygen atoms in total. The van der Waals surface area contributed by atoms with Crippen LogP contribution in [-0.4, -0.2) is 29.0 Å². The predicted molar refractivity (Wildman–Crippen MR) is 65.7 cm³/mol. The van der Waals surface area contributed by atoms with Crippen LogP contribution >= 0.6 is 0 Å². The summed E-state index contributed by atoms with van der Waals surface area (Å²) in [7, 11) is 0. The van der Waals surface area contributed by atoms with Crippen LogP contribution in [0.25, 0.3) is 0 Å². The number of hydrogen-bond donors (Lipinski definition) is 0. The lowest BCUT2D eigenvalue weighted by Gasteiger charge is -2.41. The first-order valence-electron chi connectivity index (χ1n) is 6.44. The van der Waals surface area contributed by atoms with Gasteiger partial charge in [0, 0.05) is 17.4 Å². The molecule has 1 saturated heterocycles. The van der Waals surface area contributed by atoms with Gasteiger partial charge in [-0.3, -0.25) is 9.88 Å². The summed E-state index contributed by atoms with van der Waals surface area (Å²) in [6, 6.07) is 3.03. The first-order chi connectivity index (χ1) is 7.74. The Hall–Kier alpha value is -0.890. The molecule has 3 rings (SSSR count). The summed E-state index contributed by atoms with van der Waals surface area (Å²) in [5.41, 5.74) is 5.54. The average molecular weight is 216 g/mol. The summed E-state index contributed by atoms with van der Waals surface area (Å²) in [5.74, 6) is 0. The molecule has 0 N–H and O–H groups in total. The van der Waals surface area contributed by atoms with Gasteiger partial charge in [-0.15, -0.1) is 0 Å². The molecule has 1 unspecified atom stereocenters. The van der Waals surface area contributed by atoms with Crippen molar-refractivity contribution in [3.63, 3.8) is 0 Å². The first-order valence-corrected chi connectivity index (χ1v) is 6.44. The quantitative estimate of drug-likeness (QED) is 0.716. The van der Waals surface area contributed by atoms with Crippen LogP contribution in [-0.2, 0) is 12.8 Å². The van der Waals surface area contributed by atoms with Crippen LogP contribution in [0.4, 0.5) is 0 Å². The van der Waals surface area contributed by atoms with Crippen molar-refractivity contribution in [2.75, 3.05) is 13.1 Å². The molecule has 2 heteroatoms. The maximum atomic E-state index is 4.69. The van der Waals surface area contributed by atoms with E-state index >= 15 is 0 Å². The third kappa shape index (κ3) is 1.65. The van der Waals surface area contributed by atoms with Gasteiger partial charge in [0.05, 0.1) is 0 Å². The standard InChI is InChI=1S/C14H20N2/c1-10-8-11(2)15-14-5-4-12(9-13(10)14)16-6-3-7-16/h8,12H,3-7,9H2,1-2H3. The second kappa shape index (κ2) is 3.85. The van der Waals surface area contributed by atoms with E-state index in [-0.39, 0.29) is 0 Å². The minimum Gasteiger partial charge on any atom is -0.300 e. The van der Waals surface area contributed by atoms with E-state index in [1.54, 1.807) is 0 Å². The highest BCUT2D eigenvalue weighted by Gasteiger charge is 2.28. The number of rotatable bonds is 1. The lowest BCUT2D eigenvalue weighted by molar-refractivity contribution is 0.107. The molecular weight excluding hydrogens is 196 g/mol. The number of nitrogens with zero attached hydrogens (tertiary/aromatic N) is 2. The summed E-state index contributed by atoms with van der Waals surface area (Å²) in [6.07, 6.45) is 5.12. The van der Waals surface area contributed by atoms with Crippen molar-refractivity contribution < 1.29 is 0 Å². The van der Waals surface area contributed by atoms with Gasteiger partial charge in [-0.1, -0.05) is 0 Å². The molecule has 0 amide bonds. The maximum Gasteiger partial charge on any atom is 0.0442 e. The van der Waals surface area contributed by atoms with Gasteiger partial charge in [0.25, 0.3) is 0 Å². The average Bonchev–Trinajstić information content (AvgIpc) is 2.16. The van der Waals surface area contributed by atoms with E-state index in [4.69, 9.17) is 4.98 Å². The smallest absolute Gasteiger partial charge is 0.0442 e. The third-order valence-electron chi connectivity index (χ3n) is 4.12. The molecule has 1 fully saturated rings. The van der Waals surface area contributed by atoms with Crippen LogP contribution in [0.2, 0.25) is 0 Å². The Morgan fingerprint density at radius 1 is 1.31 bits per heavy atom. The van der Waals surface area contributed by atoms with Crippen molar-refractivity contribution in [2.24, 2.45) is 0 Å². The van der Waals surface area contributed by atoms with Crippen LogP contribution in [0.15, 0.2) is 6.07 Å². The Kier molecular flexibility index (Phi) is 2.47. The van der Waals surface area contributed by atoms with Crippen LogP contribution in [0.3, 0.4) is 0 Å². The monoisotopic (exact) mass is 216 g/mol. The highest BCUT2D eigenvalue weighted by atomic mass is 15.2. The molecule has 0 aromatic carbocycles. The van der Waals surface area contributed by atoms with Gasteiger partial charge in [-0.2, -0.15) is 0 Å². The topological polar surface area (TPSA) is 16.1 Å². The van der Waals surface area contributed by atoms with Gasteiger partial charge >= 0.3 is 0 Å². The minimum atomic E-state index is 0.796. The summed E-state index contributed by atoms with van der Waals surface area (Å²) < 4.78 is 0. The summed E-state index contributed by atoms with van der Waals surface area (Å²) in [4.78, 5) is 7.33. The molecule has 0 spiro atoms. The molecule has 1 aliphatic heterocycles. The van der Waals surface area contributed by atoms with Crippen molar-refractivity contribution in [3.05, 3.63) is 28.6 Å². The fourth-order valence-electron chi connectivity index (χ4n) is 3.08. The van der Waals surface area contributed by atoms with Gasteiger partial charge in [0.2, 0.25) is 0 Å². The number of hydrogen-bond acceptors (Lipinski definition) is 2. The highest BCUT2D eigenvalue weighted by Crippen LogP contribution is 2.28. The lowest BCUT2D eigenvalue weighted by Crippen LogP contribution is -2.47. The van der Waals surface area contributed by atoms with E-state index in [2.05, 4.69) is 24.8 Å². The molecule has 0 radical (unpaired) electrons. The number of aryl methyl sites for hydroxylation is 3. The van der Waals surface area contributed by atoms with Gasteiger partial charge in [-0.25, -0.2) is 0 Å². The second-order valence-corrected chi connectivity index (χ2v) is 5.29. The minimum absolute atomic E-state index is 0.796. The van der Waals surface area contributed by atoms with E-state index in [0.717, 1.165) is 6.04 Å². The van der Waals surface area contributed by atoms with E-state index < -0.39 is 0 Å². The Morgan fingerprint density at radius 2 is 2.12 bits per heavy atom. The van der Waals surface area contributed by atoms with E-state index in [0.29, 0.717) is 0 Å². The van der Waals surface area contributed by atoms with Crippen LogP contribution in [0.1, 0.15) is 35.4 Å². The zero-order valence-corrected chi connectivity index (χ0v) is 10.3. The summed E-state index contributed by atoms with van der Waals surface area (Å²) >= 11 is 0. The Morgan fingerprint density at radius 3 is 2.81 bits per heavy atom. The number of likely N-dealkylation sites (tertiary alicyclic amines) is 1. The van der Waals surface area contributed by atoms with Gasteiger partial charge in [0.1, 0.15) is 0 Å². The van der Waals surface area contributed by atoms with Crippen molar-refractivity contribution in [3.8, 4) is 0 Å². The zero-order valence-electron chi connectivity index (χ0n) is 10.3. The molecule has 0 saturated carbocycles. The van der Waals surface area contributed by atoms with E-state index in [1.165, 1.54) is 61.3 Å². The molecule has 1 aromatic rings. The largest absolute Gasteiger partial charge is 0.300 e. The molecular formula is C14H20N2. The Labute approximate surface area is 97.7 Å². The van der Waals surface area contributed by atoms with Crippen LogP contribution in [0, 0.1) is 13.8 Å². The number of pyridine rings is 1. The Balaban J connectivity index is 1.87. The van der Waals surface area contributed by atoms with Crippen molar-refractivity contribution in [2.45, 2.75) is 45.6 Å². The number of fused-ring (bicyclic) bond motifs is 1. The summed E-state index contributed by atoms with van der Waals surface area (Å²) in [6.45, 7) is 6.98. The molecule has 16 heavy (non-hydrogen) atoms. The maximum absolute atomic E-state index is 4.69. The second-order valence-electron chi connectivity index (χ2n) is 5.29. The molecule has 0 bridgehead atoms. The molecule has 1 atom stereocenters. The van der Waals surface area contributed by atoms with Gasteiger partial charge < -0.3 is 0 Å². The van der Waals surface area contributed by atoms with Crippen molar-refractivity contribution in [1.82, 2.24) is 9.88 Å². The first kappa shape index (κ1) is 10.3. The molecule has 1 aromatic heterocycles. The highest BCUT2D eigenvalue weighted by molar-refractivity contribution is 5.34. The SMILES string of the molecule is Cc1cc(C)c2c(n1)CCC(N1CCC1)C2. The molecule has 1 aliphatic carbocycles. The van der Waals surface area contributed by atoms with Gasteiger partial charge in [-0.05, 0) is 69.8 Å². The summed E-state index contributed by atoms with van der Waals surface area (Å²) in [5, 5.41) is 0. The molecule has 2 aliphatic rings. The van der Waals surface area contributed by atoms with Gasteiger partial charge in [0.15, 0.2) is 0 Å². The van der Waals surface area contributed by atoms with E-state index in [1.807, 2.05) is 0 Å². The van der Waals surface area contributed by atoms with E-state index in [9.17, 15) is 0 Å². The fourth-order valence-corrected chi connectivity index (χ4v) is 3.08. The third-order valence-corrected chi connectivity index (χ3v) is 4.12. The van der Waals surface area contributed by atoms with Crippen molar-refractivity contribution in [1.29, 1.82) is 0 Å². The predicted octanol–water partition coefficient (Wildman–Crippen LogP) is 2.26. The Bertz CT molecular complexity index is 407. The van der Waals surface area contributed by atoms with Crippen molar-refractivity contribution >= 4 is 0 Å². The molecule has 2 heterocycles. The van der Waals surface area contributed by atoms with Crippen LogP contribution < -0.4 is 0 Å². The normalized spacial score (nSPS) is 25.0. The molecule has 86 valence electrons. The van der Waals surface area contributed by atoms with Crippen LogP contribution in [0.5, 0.6) is 0 Å². The fraction of sp³-hybridized carbons (Fsp3) is 0.643. The zero-order chi connectivity index (χ0) is 11.1. The number of aromatic nitrogens is 1.